The van der Waals surface area contributed by atoms with E-state index in [1.807, 2.05) is 54.6 Å². The number of aryl methyl sites for hydroxylation is 1. The molecular formula is C30H31Cl2N3O3. The number of aliphatic hydroxyl groups is 1. The van der Waals surface area contributed by atoms with Crippen LogP contribution >= 0.6 is 23.2 Å². The first-order chi connectivity index (χ1) is 18.3. The van der Waals surface area contributed by atoms with Gasteiger partial charge in [-0.3, -0.25) is 14.6 Å². The molecule has 2 amide bonds. The van der Waals surface area contributed by atoms with Gasteiger partial charge in [0.25, 0.3) is 5.91 Å². The van der Waals surface area contributed by atoms with Gasteiger partial charge >= 0.3 is 0 Å². The molecule has 1 unspecified atom stereocenters. The lowest BCUT2D eigenvalue weighted by Gasteiger charge is -2.42. The van der Waals surface area contributed by atoms with Gasteiger partial charge in [-0.05, 0) is 67.5 Å². The van der Waals surface area contributed by atoms with Crippen molar-refractivity contribution in [2.45, 2.75) is 62.6 Å². The van der Waals surface area contributed by atoms with Crippen molar-refractivity contribution in [3.05, 3.63) is 99.5 Å². The number of amides is 2. The van der Waals surface area contributed by atoms with Crippen LogP contribution in [0.25, 0.3) is 0 Å². The van der Waals surface area contributed by atoms with Crippen LogP contribution in [-0.2, 0) is 28.0 Å². The lowest BCUT2D eigenvalue weighted by Crippen LogP contribution is -2.62. The Balaban J connectivity index is 1.51. The summed E-state index contributed by atoms with van der Waals surface area (Å²) in [6.45, 7) is 0. The molecule has 1 aliphatic heterocycles. The van der Waals surface area contributed by atoms with Gasteiger partial charge in [-0.1, -0.05) is 71.7 Å². The average molecular weight is 553 g/mol. The minimum absolute atomic E-state index is 0.0871. The highest BCUT2D eigenvalue weighted by Gasteiger charge is 2.49. The van der Waals surface area contributed by atoms with E-state index in [9.17, 15) is 14.7 Å². The Bertz CT molecular complexity index is 1310. The number of carbonyl (C=O) groups is 2. The van der Waals surface area contributed by atoms with E-state index in [4.69, 9.17) is 23.2 Å². The molecule has 1 fully saturated rings. The normalized spacial score (nSPS) is 22.6. The number of nitrogens with zero attached hydrogens (tertiary/aromatic N) is 1. The number of halogens is 2. The van der Waals surface area contributed by atoms with Gasteiger partial charge in [0, 0.05) is 40.2 Å². The Morgan fingerprint density at radius 1 is 0.947 bits per heavy atom. The van der Waals surface area contributed by atoms with Crippen LogP contribution in [0, 0.1) is 0 Å². The largest absolute Gasteiger partial charge is 0.393 e. The molecule has 5 rings (SSSR count). The Morgan fingerprint density at radius 3 is 2.39 bits per heavy atom. The van der Waals surface area contributed by atoms with E-state index in [-0.39, 0.29) is 30.4 Å². The van der Waals surface area contributed by atoms with Crippen LogP contribution in [0.4, 0.5) is 5.69 Å². The highest BCUT2D eigenvalue weighted by Crippen LogP contribution is 2.41. The van der Waals surface area contributed by atoms with Crippen molar-refractivity contribution in [1.29, 1.82) is 0 Å². The first-order valence-corrected chi connectivity index (χ1v) is 13.8. The molecule has 3 N–H and O–H groups in total. The third-order valence-corrected chi connectivity index (χ3v) is 7.99. The van der Waals surface area contributed by atoms with Crippen LogP contribution in [-0.4, -0.2) is 34.1 Å². The second-order valence-electron chi connectivity index (χ2n) is 10.2. The SMILES string of the molecule is O=C(CCc1ccccc1)N(NC1(Cc2cccc(Cl)c2)C(=O)Nc2cc(Cl)ccc21)C1CCC(O)CC1. The van der Waals surface area contributed by atoms with Crippen LogP contribution in [0.3, 0.4) is 0 Å². The molecule has 0 radical (unpaired) electrons. The van der Waals surface area contributed by atoms with Crippen molar-refractivity contribution >= 4 is 40.7 Å². The van der Waals surface area contributed by atoms with Crippen molar-refractivity contribution in [3.63, 3.8) is 0 Å². The summed E-state index contributed by atoms with van der Waals surface area (Å²) < 4.78 is 0. The lowest BCUT2D eigenvalue weighted by atomic mass is 9.85. The fraction of sp³-hybridized carbons (Fsp3) is 0.333. The van der Waals surface area contributed by atoms with Gasteiger partial charge in [0.15, 0.2) is 0 Å². The van der Waals surface area contributed by atoms with Gasteiger partial charge in [-0.25, -0.2) is 5.43 Å². The van der Waals surface area contributed by atoms with E-state index in [1.165, 1.54) is 0 Å². The molecule has 1 heterocycles. The number of nitrogens with one attached hydrogen (secondary N) is 2. The Labute approximate surface area is 232 Å². The monoisotopic (exact) mass is 551 g/mol. The predicted molar refractivity (Wildman–Crippen MR) is 150 cm³/mol. The quantitative estimate of drug-likeness (QED) is 0.316. The molecule has 0 bridgehead atoms. The van der Waals surface area contributed by atoms with Crippen molar-refractivity contribution in [2.75, 3.05) is 5.32 Å². The van der Waals surface area contributed by atoms with Gasteiger partial charge in [0.2, 0.25) is 5.91 Å². The van der Waals surface area contributed by atoms with Crippen molar-refractivity contribution < 1.29 is 14.7 Å². The standard InChI is InChI=1S/C30H31Cl2N3O3/c31-22-8-4-7-21(17-22)19-30(26-15-10-23(32)18-27(26)33-29(30)38)34-35(24-11-13-25(36)14-12-24)28(37)16-9-20-5-2-1-3-6-20/h1-8,10,15,17-18,24-25,34,36H,9,11-14,16,19H2,(H,33,38). The molecule has 8 heteroatoms. The van der Waals surface area contributed by atoms with Gasteiger partial charge in [0.05, 0.1) is 6.10 Å². The molecule has 3 aromatic rings. The number of hydrogen-bond donors (Lipinski definition) is 3. The zero-order valence-electron chi connectivity index (χ0n) is 21.0. The fourth-order valence-electron chi connectivity index (χ4n) is 5.52. The highest BCUT2D eigenvalue weighted by atomic mass is 35.5. The third kappa shape index (κ3) is 5.74. The smallest absolute Gasteiger partial charge is 0.251 e. The summed E-state index contributed by atoms with van der Waals surface area (Å²) in [6.07, 6.45) is 3.30. The van der Waals surface area contributed by atoms with E-state index in [0.29, 0.717) is 54.3 Å². The highest BCUT2D eigenvalue weighted by molar-refractivity contribution is 6.31. The number of carbonyl (C=O) groups excluding carboxylic acids is 2. The summed E-state index contributed by atoms with van der Waals surface area (Å²) in [5.74, 6) is -0.345. The minimum atomic E-state index is -1.25. The maximum Gasteiger partial charge on any atom is 0.251 e. The summed E-state index contributed by atoms with van der Waals surface area (Å²) in [5.41, 5.74) is 5.48. The van der Waals surface area contributed by atoms with E-state index < -0.39 is 5.54 Å². The minimum Gasteiger partial charge on any atom is -0.393 e. The lowest BCUT2D eigenvalue weighted by molar-refractivity contribution is -0.144. The van der Waals surface area contributed by atoms with Crippen LogP contribution in [0.5, 0.6) is 0 Å². The number of benzene rings is 3. The summed E-state index contributed by atoms with van der Waals surface area (Å²) in [6, 6.07) is 22.5. The average Bonchev–Trinajstić information content (AvgIpc) is 3.16. The maximum absolute atomic E-state index is 13.8. The van der Waals surface area contributed by atoms with Crippen molar-refractivity contribution in [1.82, 2.24) is 10.4 Å². The first-order valence-electron chi connectivity index (χ1n) is 13.0. The zero-order valence-corrected chi connectivity index (χ0v) is 22.5. The summed E-state index contributed by atoms with van der Waals surface area (Å²) in [4.78, 5) is 27.6. The second-order valence-corrected chi connectivity index (χ2v) is 11.1. The van der Waals surface area contributed by atoms with Crippen LogP contribution in [0.2, 0.25) is 10.0 Å². The Morgan fingerprint density at radius 2 is 1.66 bits per heavy atom. The van der Waals surface area contributed by atoms with Crippen LogP contribution < -0.4 is 10.7 Å². The van der Waals surface area contributed by atoms with Gasteiger partial charge in [-0.15, -0.1) is 0 Å². The number of aliphatic hydroxyl groups excluding tert-OH is 1. The van der Waals surface area contributed by atoms with Gasteiger partial charge in [0.1, 0.15) is 5.54 Å². The number of hydrazine groups is 1. The van der Waals surface area contributed by atoms with E-state index in [0.717, 1.165) is 16.7 Å². The molecule has 1 saturated carbocycles. The molecule has 3 aromatic carbocycles. The second kappa shape index (κ2) is 11.5. The molecule has 198 valence electrons. The molecule has 0 aromatic heterocycles. The molecule has 2 aliphatic rings. The van der Waals surface area contributed by atoms with Crippen LogP contribution in [0.1, 0.15) is 48.8 Å². The summed E-state index contributed by atoms with van der Waals surface area (Å²) in [7, 11) is 0. The topological polar surface area (TPSA) is 81.7 Å². The summed E-state index contributed by atoms with van der Waals surface area (Å²) >= 11 is 12.6. The molecule has 0 saturated heterocycles. The van der Waals surface area contributed by atoms with Crippen LogP contribution in [0.15, 0.2) is 72.8 Å². The predicted octanol–water partition coefficient (Wildman–Crippen LogP) is 5.65. The molecule has 1 aliphatic carbocycles. The fourth-order valence-corrected chi connectivity index (χ4v) is 5.90. The summed E-state index contributed by atoms with van der Waals surface area (Å²) in [5, 5.41) is 15.9. The zero-order chi connectivity index (χ0) is 26.7. The number of hydrogen-bond acceptors (Lipinski definition) is 4. The molecular weight excluding hydrogens is 521 g/mol. The Hall–Kier alpha value is -2.90. The first kappa shape index (κ1) is 26.7. The van der Waals surface area contributed by atoms with E-state index in [2.05, 4.69) is 10.7 Å². The Kier molecular flexibility index (Phi) is 8.05. The van der Waals surface area contributed by atoms with E-state index >= 15 is 0 Å². The van der Waals surface area contributed by atoms with E-state index in [1.54, 1.807) is 23.2 Å². The number of rotatable bonds is 8. The number of anilines is 1. The van der Waals surface area contributed by atoms with Crippen molar-refractivity contribution in [3.8, 4) is 0 Å². The van der Waals surface area contributed by atoms with Gasteiger partial charge in [-0.2, -0.15) is 0 Å². The molecule has 1 atom stereocenters. The van der Waals surface area contributed by atoms with Crippen molar-refractivity contribution in [2.24, 2.45) is 0 Å². The molecule has 6 nitrogen and oxygen atoms in total. The third-order valence-electron chi connectivity index (χ3n) is 7.52. The van der Waals surface area contributed by atoms with Gasteiger partial charge < -0.3 is 10.4 Å². The number of fused-ring (bicyclic) bond motifs is 1. The molecule has 0 spiro atoms. The molecule has 38 heavy (non-hydrogen) atoms. The maximum atomic E-state index is 13.8.